The molecule has 154 valence electrons. The smallest absolute Gasteiger partial charge is 0.0702 e. The lowest BCUT2D eigenvalue weighted by Gasteiger charge is -2.32. The van der Waals surface area contributed by atoms with Crippen molar-refractivity contribution in [2.45, 2.75) is 78.1 Å². The van der Waals surface area contributed by atoms with E-state index in [4.69, 9.17) is 4.98 Å². The molecule has 0 fully saturated rings. The van der Waals surface area contributed by atoms with Crippen LogP contribution in [0.5, 0.6) is 0 Å². The van der Waals surface area contributed by atoms with Crippen LogP contribution >= 0.6 is 0 Å². The van der Waals surface area contributed by atoms with Gasteiger partial charge in [-0.2, -0.15) is 0 Å². The van der Waals surface area contributed by atoms with Crippen molar-refractivity contribution in [2.75, 3.05) is 0 Å². The fourth-order valence-electron chi connectivity index (χ4n) is 5.09. The molecule has 0 unspecified atom stereocenters. The zero-order valence-electron chi connectivity index (χ0n) is 19.3. The molecule has 0 saturated heterocycles. The van der Waals surface area contributed by atoms with Crippen molar-refractivity contribution < 1.29 is 0 Å². The van der Waals surface area contributed by atoms with E-state index in [1.54, 1.807) is 16.7 Å². The SMILES string of the molecule is CC(C)(C)c1ccc(-c2cc3c4c(c2)CCc2cc(C(C)(C)C)cc(c2-4)CC3)nc1. The topological polar surface area (TPSA) is 12.9 Å². The lowest BCUT2D eigenvalue weighted by Crippen LogP contribution is -2.18. The molecule has 1 nitrogen and oxygen atoms in total. The van der Waals surface area contributed by atoms with Gasteiger partial charge in [0, 0.05) is 11.8 Å². The first-order valence-electron chi connectivity index (χ1n) is 11.4. The maximum Gasteiger partial charge on any atom is 0.0702 e. The number of pyridine rings is 1. The van der Waals surface area contributed by atoms with Gasteiger partial charge < -0.3 is 0 Å². The lowest BCUT2D eigenvalue weighted by atomic mass is 9.72. The molecule has 0 saturated carbocycles. The Morgan fingerprint density at radius 3 is 1.47 bits per heavy atom. The van der Waals surface area contributed by atoms with Crippen LogP contribution in [0.3, 0.4) is 0 Å². The van der Waals surface area contributed by atoms with Crippen LogP contribution in [0.1, 0.15) is 74.9 Å². The van der Waals surface area contributed by atoms with Gasteiger partial charge in [0.05, 0.1) is 5.69 Å². The third kappa shape index (κ3) is 3.20. The highest BCUT2D eigenvalue weighted by molar-refractivity contribution is 5.83. The lowest BCUT2D eigenvalue weighted by molar-refractivity contribution is 0.587. The van der Waals surface area contributed by atoms with Gasteiger partial charge in [-0.05, 0) is 99.2 Å². The first-order chi connectivity index (χ1) is 14.1. The van der Waals surface area contributed by atoms with Gasteiger partial charge in [0.25, 0.3) is 0 Å². The molecule has 2 aliphatic rings. The van der Waals surface area contributed by atoms with Crippen molar-refractivity contribution in [1.82, 2.24) is 4.98 Å². The molecule has 5 rings (SSSR count). The highest BCUT2D eigenvalue weighted by atomic mass is 14.7. The Balaban J connectivity index is 1.61. The first kappa shape index (κ1) is 19.5. The zero-order valence-corrected chi connectivity index (χ0v) is 19.3. The van der Waals surface area contributed by atoms with Crippen molar-refractivity contribution in [2.24, 2.45) is 0 Å². The highest BCUT2D eigenvalue weighted by Crippen LogP contribution is 2.45. The number of aromatic nitrogens is 1. The summed E-state index contributed by atoms with van der Waals surface area (Å²) in [5.41, 5.74) is 14.7. The number of nitrogens with zero attached hydrogens (tertiary/aromatic N) is 1. The summed E-state index contributed by atoms with van der Waals surface area (Å²) in [4.78, 5) is 4.84. The van der Waals surface area contributed by atoms with Gasteiger partial charge in [-0.25, -0.2) is 0 Å². The summed E-state index contributed by atoms with van der Waals surface area (Å²) in [6, 6.07) is 14.2. The maximum absolute atomic E-state index is 4.84. The number of hydrogen-bond donors (Lipinski definition) is 0. The van der Waals surface area contributed by atoms with Crippen LogP contribution in [0, 0.1) is 0 Å². The zero-order chi connectivity index (χ0) is 21.3. The van der Waals surface area contributed by atoms with E-state index in [0.717, 1.165) is 31.4 Å². The molecular formula is C29H33N. The number of benzene rings is 2. The van der Waals surface area contributed by atoms with Gasteiger partial charge in [-0.3, -0.25) is 4.98 Å². The van der Waals surface area contributed by atoms with Crippen LogP contribution in [0.15, 0.2) is 42.6 Å². The third-order valence-corrected chi connectivity index (χ3v) is 6.97. The molecule has 1 heteroatoms. The van der Waals surface area contributed by atoms with Gasteiger partial charge >= 0.3 is 0 Å². The van der Waals surface area contributed by atoms with Crippen molar-refractivity contribution in [3.05, 3.63) is 76.0 Å². The molecule has 0 bridgehead atoms. The first-order valence-corrected chi connectivity index (χ1v) is 11.4. The van der Waals surface area contributed by atoms with Gasteiger partial charge in [0.15, 0.2) is 0 Å². The fourth-order valence-corrected chi connectivity index (χ4v) is 5.09. The van der Waals surface area contributed by atoms with Crippen molar-refractivity contribution >= 4 is 0 Å². The van der Waals surface area contributed by atoms with E-state index in [0.29, 0.717) is 0 Å². The third-order valence-electron chi connectivity index (χ3n) is 6.97. The number of rotatable bonds is 1. The maximum atomic E-state index is 4.84. The van der Waals surface area contributed by atoms with Crippen molar-refractivity contribution in [3.8, 4) is 22.4 Å². The van der Waals surface area contributed by atoms with E-state index < -0.39 is 0 Å². The van der Waals surface area contributed by atoms with E-state index in [1.807, 2.05) is 0 Å². The van der Waals surface area contributed by atoms with Crippen molar-refractivity contribution in [3.63, 3.8) is 0 Å². The van der Waals surface area contributed by atoms with E-state index in [-0.39, 0.29) is 10.8 Å². The molecule has 2 aliphatic carbocycles. The largest absolute Gasteiger partial charge is 0.256 e. The normalized spacial score (nSPS) is 15.1. The molecule has 0 atom stereocenters. The van der Waals surface area contributed by atoms with Crippen molar-refractivity contribution in [1.29, 1.82) is 0 Å². The number of aryl methyl sites for hydroxylation is 4. The van der Waals surface area contributed by atoms with Crippen LogP contribution in [0.2, 0.25) is 0 Å². The van der Waals surface area contributed by atoms with Crippen LogP contribution < -0.4 is 0 Å². The Morgan fingerprint density at radius 1 is 0.600 bits per heavy atom. The Labute approximate surface area is 181 Å². The minimum Gasteiger partial charge on any atom is -0.256 e. The molecule has 1 aromatic heterocycles. The molecule has 0 aliphatic heterocycles. The quantitative estimate of drug-likeness (QED) is 0.424. The molecule has 30 heavy (non-hydrogen) atoms. The van der Waals surface area contributed by atoms with Gasteiger partial charge in [0.2, 0.25) is 0 Å². The second-order valence-corrected chi connectivity index (χ2v) is 11.3. The average molecular weight is 396 g/mol. The standard InChI is InChI=1S/C29H33N/c1-28(2,3)23-11-12-25(30-17-23)22-13-18-7-9-20-15-24(29(4,5)6)16-21-10-8-19(14-22)26(18)27(20)21/h11-17H,7-10H2,1-6H3. The van der Waals surface area contributed by atoms with Crippen LogP contribution in [-0.2, 0) is 36.5 Å². The summed E-state index contributed by atoms with van der Waals surface area (Å²) in [5.74, 6) is 0. The summed E-state index contributed by atoms with van der Waals surface area (Å²) in [7, 11) is 0. The molecular weight excluding hydrogens is 362 g/mol. The fraction of sp³-hybridized carbons (Fsp3) is 0.414. The molecule has 0 N–H and O–H groups in total. The minimum absolute atomic E-state index is 0.138. The Bertz CT molecular complexity index is 1080. The summed E-state index contributed by atoms with van der Waals surface area (Å²) < 4.78 is 0. The average Bonchev–Trinajstić information content (AvgIpc) is 2.70. The second-order valence-electron chi connectivity index (χ2n) is 11.3. The minimum atomic E-state index is 0.138. The van der Waals surface area contributed by atoms with E-state index >= 15 is 0 Å². The Morgan fingerprint density at radius 2 is 1.07 bits per heavy atom. The van der Waals surface area contributed by atoms with Gasteiger partial charge in [0.1, 0.15) is 0 Å². The molecule has 1 heterocycles. The van der Waals surface area contributed by atoms with Crippen LogP contribution in [-0.4, -0.2) is 4.98 Å². The predicted molar refractivity (Wildman–Crippen MR) is 127 cm³/mol. The summed E-state index contributed by atoms with van der Waals surface area (Å²) in [5, 5.41) is 0. The van der Waals surface area contributed by atoms with E-state index in [1.165, 1.54) is 33.4 Å². The second kappa shape index (κ2) is 6.54. The summed E-state index contributed by atoms with van der Waals surface area (Å²) in [6.45, 7) is 13.7. The van der Waals surface area contributed by atoms with Gasteiger partial charge in [-0.1, -0.05) is 59.7 Å². The van der Waals surface area contributed by atoms with E-state index in [2.05, 4.69) is 84.1 Å². The van der Waals surface area contributed by atoms with Crippen LogP contribution in [0.4, 0.5) is 0 Å². The molecule has 0 amide bonds. The molecule has 0 spiro atoms. The van der Waals surface area contributed by atoms with Crippen LogP contribution in [0.25, 0.3) is 22.4 Å². The molecule has 3 aromatic rings. The summed E-state index contributed by atoms with van der Waals surface area (Å²) in [6.07, 6.45) is 6.63. The Hall–Kier alpha value is -2.41. The highest BCUT2D eigenvalue weighted by Gasteiger charge is 2.28. The Kier molecular flexibility index (Phi) is 4.26. The van der Waals surface area contributed by atoms with E-state index in [9.17, 15) is 0 Å². The monoisotopic (exact) mass is 395 g/mol. The number of hydrogen-bond acceptors (Lipinski definition) is 1. The molecule has 2 aromatic carbocycles. The van der Waals surface area contributed by atoms with Gasteiger partial charge in [-0.15, -0.1) is 0 Å². The molecule has 0 radical (unpaired) electrons. The summed E-state index contributed by atoms with van der Waals surface area (Å²) >= 11 is 0. The predicted octanol–water partition coefficient (Wildman–Crippen LogP) is 7.21.